The van der Waals surface area contributed by atoms with Gasteiger partial charge in [0.25, 0.3) is 0 Å². The fourth-order valence-electron chi connectivity index (χ4n) is 3.87. The Morgan fingerprint density at radius 3 is 2.33 bits per heavy atom. The maximum absolute atomic E-state index is 13.1. The topological polar surface area (TPSA) is 99.2 Å². The molecule has 0 bridgehead atoms. The van der Waals surface area contributed by atoms with Crippen molar-refractivity contribution in [3.05, 3.63) is 34.9 Å². The molecule has 2 rings (SSSR count). The Balaban J connectivity index is 2.04. The number of Topliss-reactive ketones (excluding diaryl/α,β-unsaturated/α-hetero) is 1. The van der Waals surface area contributed by atoms with Gasteiger partial charge in [0.05, 0.1) is 12.8 Å². The van der Waals surface area contributed by atoms with Crippen molar-refractivity contribution < 1.29 is 33.4 Å². The number of carbonyl (C=O) groups is 4. The third kappa shape index (κ3) is 6.93. The van der Waals surface area contributed by atoms with Gasteiger partial charge in [-0.25, -0.2) is 4.79 Å². The summed E-state index contributed by atoms with van der Waals surface area (Å²) in [5.74, 6) is -1.36. The van der Waals surface area contributed by atoms with E-state index in [4.69, 9.17) is 25.8 Å². The molecule has 1 saturated carbocycles. The molecular weight excluding hydrogens is 450 g/mol. The number of halogens is 1. The molecule has 0 saturated heterocycles. The van der Waals surface area contributed by atoms with Gasteiger partial charge in [-0.2, -0.15) is 0 Å². The Morgan fingerprint density at radius 1 is 1.09 bits per heavy atom. The molecule has 2 atom stereocenters. The molecule has 1 aromatic carbocycles. The normalized spacial score (nSPS) is 19.4. The van der Waals surface area contributed by atoms with Crippen LogP contribution in [0.25, 0.3) is 0 Å². The minimum atomic E-state index is -1.26. The zero-order valence-electron chi connectivity index (χ0n) is 19.8. The van der Waals surface area contributed by atoms with E-state index in [1.165, 1.54) is 18.9 Å². The predicted molar refractivity (Wildman–Crippen MR) is 121 cm³/mol. The monoisotopic (exact) mass is 481 g/mol. The maximum Gasteiger partial charge on any atom is 0.413 e. The highest BCUT2D eigenvalue weighted by Crippen LogP contribution is 2.42. The summed E-state index contributed by atoms with van der Waals surface area (Å²) in [5, 5.41) is 0.383. The van der Waals surface area contributed by atoms with E-state index in [9.17, 15) is 19.2 Å². The molecule has 1 aromatic rings. The summed E-state index contributed by atoms with van der Waals surface area (Å²) in [7, 11) is 1.48. The summed E-state index contributed by atoms with van der Waals surface area (Å²) in [6.07, 6.45) is -0.201. The van der Waals surface area contributed by atoms with E-state index in [2.05, 4.69) is 0 Å². The molecule has 182 valence electrons. The fraction of sp³-hybridized carbons (Fsp3) is 0.583. The van der Waals surface area contributed by atoms with E-state index >= 15 is 0 Å². The molecule has 8 nitrogen and oxygen atoms in total. The van der Waals surface area contributed by atoms with Crippen molar-refractivity contribution in [2.45, 2.75) is 83.6 Å². The third-order valence-corrected chi connectivity index (χ3v) is 5.67. The van der Waals surface area contributed by atoms with Gasteiger partial charge in [0, 0.05) is 31.0 Å². The molecule has 0 aliphatic heterocycles. The van der Waals surface area contributed by atoms with E-state index in [1.807, 2.05) is 0 Å². The molecule has 0 heterocycles. The van der Waals surface area contributed by atoms with Gasteiger partial charge >= 0.3 is 18.0 Å². The van der Waals surface area contributed by atoms with Crippen LogP contribution < -0.4 is 0 Å². The number of ether oxygens (including phenoxy) is 3. The zero-order valence-corrected chi connectivity index (χ0v) is 20.6. The summed E-state index contributed by atoms with van der Waals surface area (Å²) in [6, 6.07) is 6.92. The highest BCUT2D eigenvalue weighted by Gasteiger charge is 2.48. The molecule has 0 aromatic heterocycles. The highest BCUT2D eigenvalue weighted by atomic mass is 35.5. The molecule has 1 unspecified atom stereocenters. The number of hydrogen-bond donors (Lipinski definition) is 0. The minimum Gasteiger partial charge on any atom is -0.460 e. The molecule has 0 N–H and O–H groups in total. The summed E-state index contributed by atoms with van der Waals surface area (Å²) >= 11 is 6.40. The van der Waals surface area contributed by atoms with Crippen molar-refractivity contribution >= 4 is 35.4 Å². The second kappa shape index (κ2) is 11.0. The first-order chi connectivity index (χ1) is 15.4. The Morgan fingerprint density at radius 2 is 1.73 bits per heavy atom. The van der Waals surface area contributed by atoms with Crippen LogP contribution in [-0.2, 0) is 34.1 Å². The lowest BCUT2D eigenvalue weighted by molar-refractivity contribution is -0.170. The van der Waals surface area contributed by atoms with E-state index in [1.54, 1.807) is 45.0 Å². The largest absolute Gasteiger partial charge is 0.460 e. The molecule has 1 amide bonds. The molecule has 1 fully saturated rings. The molecule has 0 spiro atoms. The Kier molecular flexibility index (Phi) is 8.89. The van der Waals surface area contributed by atoms with Gasteiger partial charge in [-0.3, -0.25) is 19.3 Å². The Bertz CT molecular complexity index is 895. The Hall–Kier alpha value is -2.61. The van der Waals surface area contributed by atoms with Crippen LogP contribution >= 0.6 is 11.6 Å². The van der Waals surface area contributed by atoms with Gasteiger partial charge in [0.2, 0.25) is 6.29 Å². The van der Waals surface area contributed by atoms with Gasteiger partial charge in [0.1, 0.15) is 11.1 Å². The van der Waals surface area contributed by atoms with E-state index < -0.39 is 35.5 Å². The fourth-order valence-corrected chi connectivity index (χ4v) is 4.16. The number of ketones is 1. The number of rotatable bonds is 7. The van der Waals surface area contributed by atoms with Crippen molar-refractivity contribution in [2.75, 3.05) is 7.05 Å². The number of amides is 1. The summed E-state index contributed by atoms with van der Waals surface area (Å²) in [5.41, 5.74) is -1.37. The second-order valence-electron chi connectivity index (χ2n) is 9.06. The van der Waals surface area contributed by atoms with Crippen LogP contribution in [-0.4, -0.2) is 47.7 Å². The first-order valence-electron chi connectivity index (χ1n) is 11.0. The van der Waals surface area contributed by atoms with Gasteiger partial charge < -0.3 is 14.2 Å². The molecule has 9 heteroatoms. The van der Waals surface area contributed by atoms with Crippen molar-refractivity contribution in [3.8, 4) is 0 Å². The van der Waals surface area contributed by atoms with Gasteiger partial charge in [-0.05, 0) is 46.1 Å². The molecule has 33 heavy (non-hydrogen) atoms. The SMILES string of the molecule is CC(OC(=O)CCC(=O)OC(C)(C)C)OC(=O)N(C)[C@]1(c2ccccc2Cl)CCCCC1=O. The van der Waals surface area contributed by atoms with Crippen LogP contribution in [0.3, 0.4) is 0 Å². The van der Waals surface area contributed by atoms with Crippen LogP contribution in [0.4, 0.5) is 4.79 Å². The summed E-state index contributed by atoms with van der Waals surface area (Å²) in [4.78, 5) is 51.1. The molecule has 1 aliphatic carbocycles. The number of hydrogen-bond acceptors (Lipinski definition) is 7. The summed E-state index contributed by atoms with van der Waals surface area (Å²) in [6.45, 7) is 6.58. The smallest absolute Gasteiger partial charge is 0.413 e. The second-order valence-corrected chi connectivity index (χ2v) is 9.46. The number of nitrogens with zero attached hydrogens (tertiary/aromatic N) is 1. The van der Waals surface area contributed by atoms with Crippen molar-refractivity contribution in [2.24, 2.45) is 0 Å². The average molecular weight is 482 g/mol. The third-order valence-electron chi connectivity index (χ3n) is 5.34. The lowest BCUT2D eigenvalue weighted by Gasteiger charge is -2.43. The minimum absolute atomic E-state index is 0.122. The quantitative estimate of drug-likeness (QED) is 0.409. The van der Waals surface area contributed by atoms with E-state index in [-0.39, 0.29) is 18.6 Å². The molecule has 1 aliphatic rings. The van der Waals surface area contributed by atoms with Crippen LogP contribution in [0, 0.1) is 0 Å². The Labute approximate surface area is 199 Å². The van der Waals surface area contributed by atoms with Crippen molar-refractivity contribution in [3.63, 3.8) is 0 Å². The van der Waals surface area contributed by atoms with Crippen LogP contribution in [0.15, 0.2) is 24.3 Å². The van der Waals surface area contributed by atoms with Gasteiger partial charge in [0.15, 0.2) is 5.78 Å². The van der Waals surface area contributed by atoms with Crippen LogP contribution in [0.5, 0.6) is 0 Å². The molecular formula is C24H32ClNO7. The lowest BCUT2D eigenvalue weighted by Crippen LogP contribution is -2.54. The molecule has 0 radical (unpaired) electrons. The van der Waals surface area contributed by atoms with Gasteiger partial charge in [-0.15, -0.1) is 0 Å². The lowest BCUT2D eigenvalue weighted by atomic mass is 9.74. The highest BCUT2D eigenvalue weighted by molar-refractivity contribution is 6.31. The van der Waals surface area contributed by atoms with Crippen molar-refractivity contribution in [1.29, 1.82) is 0 Å². The standard InChI is InChI=1S/C24H32ClNO7/c1-16(31-20(28)13-14-21(29)33-23(2,3)4)32-22(30)26(5)24(15-9-8-12-19(24)27)17-10-6-7-11-18(17)25/h6-7,10-11,16H,8-9,12-15H2,1-5H3/t16?,24-/m0/s1. The number of carbonyl (C=O) groups excluding carboxylic acids is 4. The van der Waals surface area contributed by atoms with E-state index in [0.717, 1.165) is 12.8 Å². The number of benzene rings is 1. The zero-order chi connectivity index (χ0) is 24.8. The maximum atomic E-state index is 13.1. The van der Waals surface area contributed by atoms with Crippen LogP contribution in [0.2, 0.25) is 5.02 Å². The summed E-state index contributed by atoms with van der Waals surface area (Å²) < 4.78 is 15.5. The van der Waals surface area contributed by atoms with Gasteiger partial charge in [-0.1, -0.05) is 29.8 Å². The average Bonchev–Trinajstić information content (AvgIpc) is 2.71. The van der Waals surface area contributed by atoms with Crippen molar-refractivity contribution in [1.82, 2.24) is 4.90 Å². The first-order valence-corrected chi connectivity index (χ1v) is 11.4. The predicted octanol–water partition coefficient (Wildman–Crippen LogP) is 4.76. The van der Waals surface area contributed by atoms with E-state index in [0.29, 0.717) is 23.4 Å². The number of likely N-dealkylation sites (N-methyl/N-ethyl adjacent to an activating group) is 1. The first kappa shape index (κ1) is 26.6. The number of esters is 2. The van der Waals surface area contributed by atoms with Crippen LogP contribution in [0.1, 0.15) is 71.8 Å².